The largest absolute Gasteiger partial charge is 0.354 e. The first-order valence-corrected chi connectivity index (χ1v) is 9.59. The number of carbonyl (C=O) groups is 1. The van der Waals surface area contributed by atoms with Gasteiger partial charge in [0, 0.05) is 50.2 Å². The standard InChI is InChI=1S/C20H28N6O/c1-4-16-8-6-7-9-17(16)23-20(27)26-12-10-25(11-13-26)18-14-15(3)22-19(24-18)21-5-2/h6-9,14H,4-5,10-13H2,1-3H3,(H,23,27)(H,21,22,24). The molecule has 1 saturated heterocycles. The molecule has 27 heavy (non-hydrogen) atoms. The predicted molar refractivity (Wildman–Crippen MR) is 110 cm³/mol. The molecule has 7 nitrogen and oxygen atoms in total. The zero-order valence-electron chi connectivity index (χ0n) is 16.3. The minimum Gasteiger partial charge on any atom is -0.354 e. The maximum absolute atomic E-state index is 12.6. The highest BCUT2D eigenvalue weighted by atomic mass is 16.2. The number of hydrogen-bond donors (Lipinski definition) is 2. The fourth-order valence-electron chi connectivity index (χ4n) is 3.23. The number of urea groups is 1. The number of nitrogens with one attached hydrogen (secondary N) is 2. The van der Waals surface area contributed by atoms with Crippen molar-refractivity contribution < 1.29 is 4.79 Å². The molecular weight excluding hydrogens is 340 g/mol. The Morgan fingerprint density at radius 2 is 1.85 bits per heavy atom. The van der Waals surface area contributed by atoms with Crippen LogP contribution in [-0.2, 0) is 6.42 Å². The Hall–Kier alpha value is -2.83. The summed E-state index contributed by atoms with van der Waals surface area (Å²) >= 11 is 0. The second-order valence-electron chi connectivity index (χ2n) is 6.64. The third-order valence-corrected chi connectivity index (χ3v) is 4.71. The SMILES string of the molecule is CCNc1nc(C)cc(N2CCN(C(=O)Nc3ccccc3CC)CC2)n1. The molecule has 1 fully saturated rings. The molecule has 2 amide bonds. The van der Waals surface area contributed by atoms with Crippen molar-refractivity contribution in [1.29, 1.82) is 0 Å². The van der Waals surface area contributed by atoms with Crippen LogP contribution in [0.1, 0.15) is 25.1 Å². The molecule has 3 rings (SSSR count). The van der Waals surface area contributed by atoms with Gasteiger partial charge < -0.3 is 20.4 Å². The highest BCUT2D eigenvalue weighted by Gasteiger charge is 2.23. The van der Waals surface area contributed by atoms with Crippen molar-refractivity contribution in [2.75, 3.05) is 48.3 Å². The van der Waals surface area contributed by atoms with Crippen LogP contribution in [0, 0.1) is 6.92 Å². The average Bonchev–Trinajstić information content (AvgIpc) is 2.68. The van der Waals surface area contributed by atoms with Crippen LogP contribution in [0.5, 0.6) is 0 Å². The molecule has 1 aromatic carbocycles. The number of aromatic nitrogens is 2. The van der Waals surface area contributed by atoms with E-state index in [4.69, 9.17) is 0 Å². The Morgan fingerprint density at radius 1 is 1.11 bits per heavy atom. The van der Waals surface area contributed by atoms with E-state index in [2.05, 4.69) is 32.4 Å². The fourth-order valence-corrected chi connectivity index (χ4v) is 3.23. The number of nitrogens with zero attached hydrogens (tertiary/aromatic N) is 4. The van der Waals surface area contributed by atoms with Gasteiger partial charge in [0.2, 0.25) is 5.95 Å². The van der Waals surface area contributed by atoms with Crippen molar-refractivity contribution in [3.8, 4) is 0 Å². The molecule has 0 saturated carbocycles. The van der Waals surface area contributed by atoms with Crippen molar-refractivity contribution in [2.45, 2.75) is 27.2 Å². The van der Waals surface area contributed by atoms with E-state index in [1.165, 1.54) is 0 Å². The summed E-state index contributed by atoms with van der Waals surface area (Å²) in [6.07, 6.45) is 0.894. The average molecular weight is 368 g/mol. The quantitative estimate of drug-likeness (QED) is 0.848. The third kappa shape index (κ3) is 4.67. The maximum atomic E-state index is 12.6. The number of benzene rings is 1. The molecule has 1 aliphatic heterocycles. The van der Waals surface area contributed by atoms with Crippen LogP contribution in [0.15, 0.2) is 30.3 Å². The molecule has 0 radical (unpaired) electrons. The molecule has 144 valence electrons. The molecule has 0 bridgehead atoms. The lowest BCUT2D eigenvalue weighted by molar-refractivity contribution is 0.208. The summed E-state index contributed by atoms with van der Waals surface area (Å²) in [5.74, 6) is 1.57. The Labute approximate surface area is 160 Å². The van der Waals surface area contributed by atoms with E-state index in [0.29, 0.717) is 19.0 Å². The van der Waals surface area contributed by atoms with E-state index >= 15 is 0 Å². The summed E-state index contributed by atoms with van der Waals surface area (Å²) < 4.78 is 0. The van der Waals surface area contributed by atoms with E-state index in [-0.39, 0.29) is 6.03 Å². The lowest BCUT2D eigenvalue weighted by Crippen LogP contribution is -2.50. The second-order valence-corrected chi connectivity index (χ2v) is 6.64. The van der Waals surface area contributed by atoms with Gasteiger partial charge in [-0.1, -0.05) is 25.1 Å². The molecule has 0 aliphatic carbocycles. The first kappa shape index (κ1) is 18.9. The number of rotatable bonds is 5. The fraction of sp³-hybridized carbons (Fsp3) is 0.450. The third-order valence-electron chi connectivity index (χ3n) is 4.71. The van der Waals surface area contributed by atoms with Gasteiger partial charge in [0.1, 0.15) is 5.82 Å². The van der Waals surface area contributed by atoms with Gasteiger partial charge >= 0.3 is 6.03 Å². The van der Waals surface area contributed by atoms with Crippen LogP contribution in [-0.4, -0.2) is 53.6 Å². The highest BCUT2D eigenvalue weighted by Crippen LogP contribution is 2.19. The van der Waals surface area contributed by atoms with Crippen molar-refractivity contribution in [3.05, 3.63) is 41.6 Å². The molecule has 0 spiro atoms. The van der Waals surface area contributed by atoms with Gasteiger partial charge in [-0.15, -0.1) is 0 Å². The molecule has 2 aromatic rings. The van der Waals surface area contributed by atoms with E-state index in [9.17, 15) is 4.79 Å². The van der Waals surface area contributed by atoms with Gasteiger partial charge in [-0.05, 0) is 31.9 Å². The number of para-hydroxylation sites is 1. The van der Waals surface area contributed by atoms with Gasteiger partial charge in [0.25, 0.3) is 0 Å². The zero-order valence-corrected chi connectivity index (χ0v) is 16.3. The number of carbonyl (C=O) groups excluding carboxylic acids is 1. The summed E-state index contributed by atoms with van der Waals surface area (Å²) in [4.78, 5) is 25.7. The van der Waals surface area contributed by atoms with Gasteiger partial charge in [-0.25, -0.2) is 9.78 Å². The summed E-state index contributed by atoms with van der Waals surface area (Å²) in [6.45, 7) is 9.72. The minimum atomic E-state index is -0.0391. The van der Waals surface area contributed by atoms with Gasteiger partial charge in [0.05, 0.1) is 0 Å². The van der Waals surface area contributed by atoms with Crippen molar-refractivity contribution in [1.82, 2.24) is 14.9 Å². The molecule has 0 unspecified atom stereocenters. The molecular formula is C20H28N6O. The number of anilines is 3. The van der Waals surface area contributed by atoms with Crippen LogP contribution in [0.2, 0.25) is 0 Å². The Balaban J connectivity index is 1.61. The van der Waals surface area contributed by atoms with Gasteiger partial charge in [-0.3, -0.25) is 0 Å². The number of piperazine rings is 1. The Morgan fingerprint density at radius 3 is 2.56 bits per heavy atom. The van der Waals surface area contributed by atoms with E-state index < -0.39 is 0 Å². The van der Waals surface area contributed by atoms with Crippen molar-refractivity contribution in [3.63, 3.8) is 0 Å². The van der Waals surface area contributed by atoms with Crippen molar-refractivity contribution >= 4 is 23.5 Å². The summed E-state index contributed by atoms with van der Waals surface area (Å²) in [6, 6.07) is 9.91. The first-order valence-electron chi connectivity index (χ1n) is 9.59. The van der Waals surface area contributed by atoms with Crippen LogP contribution >= 0.6 is 0 Å². The maximum Gasteiger partial charge on any atom is 0.321 e. The molecule has 0 atom stereocenters. The molecule has 7 heteroatoms. The minimum absolute atomic E-state index is 0.0391. The number of amides is 2. The predicted octanol–water partition coefficient (Wildman–Crippen LogP) is 3.13. The Bertz CT molecular complexity index is 786. The van der Waals surface area contributed by atoms with Crippen LogP contribution < -0.4 is 15.5 Å². The van der Waals surface area contributed by atoms with Crippen molar-refractivity contribution in [2.24, 2.45) is 0 Å². The smallest absolute Gasteiger partial charge is 0.321 e. The summed E-state index contributed by atoms with van der Waals surface area (Å²) in [5, 5.41) is 6.22. The lowest BCUT2D eigenvalue weighted by atomic mass is 10.1. The number of aryl methyl sites for hydroxylation is 2. The second kappa shape index (κ2) is 8.70. The van der Waals surface area contributed by atoms with Gasteiger partial charge in [0.15, 0.2) is 0 Å². The lowest BCUT2D eigenvalue weighted by Gasteiger charge is -2.35. The highest BCUT2D eigenvalue weighted by molar-refractivity contribution is 5.90. The Kier molecular flexibility index (Phi) is 6.11. The molecule has 1 aromatic heterocycles. The van der Waals surface area contributed by atoms with E-state index in [0.717, 1.165) is 48.8 Å². The summed E-state index contributed by atoms with van der Waals surface area (Å²) in [5.41, 5.74) is 2.98. The molecule has 2 heterocycles. The molecule has 2 N–H and O–H groups in total. The van der Waals surface area contributed by atoms with Crippen LogP contribution in [0.4, 0.5) is 22.2 Å². The zero-order chi connectivity index (χ0) is 19.2. The van der Waals surface area contributed by atoms with Crippen LogP contribution in [0.3, 0.4) is 0 Å². The number of hydrogen-bond acceptors (Lipinski definition) is 5. The molecule has 1 aliphatic rings. The normalized spacial score (nSPS) is 14.2. The van der Waals surface area contributed by atoms with Gasteiger partial charge in [-0.2, -0.15) is 4.98 Å². The van der Waals surface area contributed by atoms with Crippen LogP contribution in [0.25, 0.3) is 0 Å². The topological polar surface area (TPSA) is 73.4 Å². The van der Waals surface area contributed by atoms with E-state index in [1.54, 1.807) is 0 Å². The van der Waals surface area contributed by atoms with E-state index in [1.807, 2.05) is 49.1 Å². The summed E-state index contributed by atoms with van der Waals surface area (Å²) in [7, 11) is 0. The first-order chi connectivity index (χ1) is 13.1. The monoisotopic (exact) mass is 368 g/mol.